The maximum Gasteiger partial charge on any atom is 0.223 e. The van der Waals surface area contributed by atoms with E-state index in [0.717, 1.165) is 51.6 Å². The fraction of sp³-hybridized carbons (Fsp3) is 0.952. The van der Waals surface area contributed by atoms with E-state index in [0.29, 0.717) is 48.1 Å². The fourth-order valence-electron chi connectivity index (χ4n) is 5.96. The van der Waals surface area contributed by atoms with Crippen LogP contribution in [0.4, 0.5) is 0 Å². The van der Waals surface area contributed by atoms with E-state index in [-0.39, 0.29) is 5.92 Å². The second-order valence-electron chi connectivity index (χ2n) is 9.06. The molecule has 4 fully saturated rings. The molecule has 26 heavy (non-hydrogen) atoms. The summed E-state index contributed by atoms with van der Waals surface area (Å²) in [6.45, 7) is 5.45. The van der Waals surface area contributed by atoms with E-state index in [1.54, 1.807) is 0 Å². The Bertz CT molecular complexity index is 500. The first-order chi connectivity index (χ1) is 12.7. The zero-order valence-corrected chi connectivity index (χ0v) is 16.5. The average molecular weight is 364 g/mol. The highest BCUT2D eigenvalue weighted by Crippen LogP contribution is 2.35. The Morgan fingerprint density at radius 3 is 2.50 bits per heavy atom. The van der Waals surface area contributed by atoms with Crippen molar-refractivity contribution in [1.82, 2.24) is 16.0 Å². The number of ether oxygens (including phenoxy) is 1. The van der Waals surface area contributed by atoms with Gasteiger partial charge in [-0.1, -0.05) is 13.8 Å². The Morgan fingerprint density at radius 2 is 1.73 bits per heavy atom. The van der Waals surface area contributed by atoms with Crippen LogP contribution in [0.5, 0.6) is 0 Å². The molecule has 0 bridgehead atoms. The van der Waals surface area contributed by atoms with Crippen molar-refractivity contribution in [2.24, 2.45) is 11.8 Å². The van der Waals surface area contributed by atoms with Gasteiger partial charge in [-0.25, -0.2) is 0 Å². The number of nitrogens with one attached hydrogen (secondary N) is 3. The van der Waals surface area contributed by atoms with Gasteiger partial charge in [-0.05, 0) is 63.7 Å². The predicted octanol–water partition coefficient (Wildman–Crippen LogP) is 2.35. The van der Waals surface area contributed by atoms with Gasteiger partial charge in [-0.3, -0.25) is 4.79 Å². The smallest absolute Gasteiger partial charge is 0.223 e. The van der Waals surface area contributed by atoms with Crippen molar-refractivity contribution >= 4 is 5.91 Å². The monoisotopic (exact) mass is 363 g/mol. The van der Waals surface area contributed by atoms with Gasteiger partial charge in [0.15, 0.2) is 0 Å². The van der Waals surface area contributed by atoms with Crippen LogP contribution in [-0.4, -0.2) is 48.8 Å². The lowest BCUT2D eigenvalue weighted by Crippen LogP contribution is -2.67. The van der Waals surface area contributed by atoms with E-state index >= 15 is 0 Å². The normalized spacial score (nSPS) is 45.6. The molecule has 2 saturated carbocycles. The third-order valence-electron chi connectivity index (χ3n) is 7.52. The summed E-state index contributed by atoms with van der Waals surface area (Å²) in [6, 6.07) is 2.48. The third kappa shape index (κ3) is 3.81. The minimum absolute atomic E-state index is 0.179. The molecule has 8 atom stereocenters. The van der Waals surface area contributed by atoms with E-state index in [4.69, 9.17) is 4.74 Å². The number of rotatable bonds is 4. The second kappa shape index (κ2) is 8.15. The lowest BCUT2D eigenvalue weighted by atomic mass is 9.78. The van der Waals surface area contributed by atoms with Crippen molar-refractivity contribution in [2.75, 3.05) is 6.61 Å². The van der Waals surface area contributed by atoms with E-state index < -0.39 is 0 Å². The number of hydrogen-bond acceptors (Lipinski definition) is 4. The number of hydrogen-bond donors (Lipinski definition) is 3. The number of carbonyl (C=O) groups excluding carboxylic acids is 1. The molecule has 0 spiro atoms. The summed E-state index contributed by atoms with van der Waals surface area (Å²) in [5.41, 5.74) is 0. The van der Waals surface area contributed by atoms with Crippen LogP contribution < -0.4 is 16.0 Å². The molecule has 3 N–H and O–H groups in total. The van der Waals surface area contributed by atoms with Crippen LogP contribution in [0.3, 0.4) is 0 Å². The maximum atomic E-state index is 12.9. The molecule has 4 rings (SSSR count). The molecule has 0 aromatic carbocycles. The summed E-state index contributed by atoms with van der Waals surface area (Å²) in [7, 11) is 0. The van der Waals surface area contributed by atoms with Gasteiger partial charge >= 0.3 is 0 Å². The summed E-state index contributed by atoms with van der Waals surface area (Å²) in [6.07, 6.45) is 10.4. The molecule has 2 saturated heterocycles. The fourth-order valence-corrected chi connectivity index (χ4v) is 5.96. The van der Waals surface area contributed by atoms with Crippen LogP contribution >= 0.6 is 0 Å². The van der Waals surface area contributed by atoms with Gasteiger partial charge in [0.25, 0.3) is 0 Å². The van der Waals surface area contributed by atoms with Crippen LogP contribution in [0.15, 0.2) is 0 Å². The Kier molecular flexibility index (Phi) is 5.87. The largest absolute Gasteiger partial charge is 0.378 e. The van der Waals surface area contributed by atoms with Crippen molar-refractivity contribution < 1.29 is 9.53 Å². The van der Waals surface area contributed by atoms with Crippen LogP contribution in [0.25, 0.3) is 0 Å². The molecule has 0 aromatic heterocycles. The number of carbonyl (C=O) groups is 1. The molecule has 2 aliphatic heterocycles. The number of fused-ring (bicyclic) bond motifs is 2. The van der Waals surface area contributed by atoms with Crippen molar-refractivity contribution in [3.05, 3.63) is 0 Å². The lowest BCUT2D eigenvalue weighted by Gasteiger charge is -2.47. The first kappa shape index (κ1) is 18.7. The van der Waals surface area contributed by atoms with Gasteiger partial charge in [0.05, 0.1) is 6.10 Å². The van der Waals surface area contributed by atoms with Crippen molar-refractivity contribution in [1.29, 1.82) is 0 Å². The van der Waals surface area contributed by atoms with Gasteiger partial charge in [0.1, 0.15) is 0 Å². The molecular formula is C21H37N3O2. The van der Waals surface area contributed by atoms with Gasteiger partial charge in [0, 0.05) is 42.7 Å². The summed E-state index contributed by atoms with van der Waals surface area (Å²) in [5.74, 6) is 1.15. The summed E-state index contributed by atoms with van der Waals surface area (Å²) < 4.78 is 5.80. The SMILES string of the molecule is CCC1NC2CCC(C(=O)NC3CCC4OCCC4C3)CC2NC1CC. The van der Waals surface area contributed by atoms with Gasteiger partial charge in [0.2, 0.25) is 5.91 Å². The van der Waals surface area contributed by atoms with Crippen LogP contribution in [0, 0.1) is 11.8 Å². The molecular weight excluding hydrogens is 326 g/mol. The Morgan fingerprint density at radius 1 is 0.962 bits per heavy atom. The maximum absolute atomic E-state index is 12.9. The van der Waals surface area contributed by atoms with Crippen LogP contribution in [-0.2, 0) is 9.53 Å². The zero-order valence-electron chi connectivity index (χ0n) is 16.5. The molecule has 5 heteroatoms. The van der Waals surface area contributed by atoms with E-state index in [1.165, 1.54) is 12.8 Å². The standard InChI is InChI=1S/C21H37N3O2/c1-3-16-17(4-2)24-19-12-14(5-7-18(19)23-16)21(25)22-15-6-8-20-13(11-15)9-10-26-20/h13-20,23-24H,3-12H2,1-2H3,(H,22,25). The second-order valence-corrected chi connectivity index (χ2v) is 9.06. The molecule has 5 nitrogen and oxygen atoms in total. The topological polar surface area (TPSA) is 62.4 Å². The van der Waals surface area contributed by atoms with Gasteiger partial charge < -0.3 is 20.7 Å². The van der Waals surface area contributed by atoms with Crippen molar-refractivity contribution in [2.45, 2.75) is 108 Å². The molecule has 0 aromatic rings. The van der Waals surface area contributed by atoms with Crippen LogP contribution in [0.2, 0.25) is 0 Å². The molecule has 148 valence electrons. The van der Waals surface area contributed by atoms with E-state index in [1.807, 2.05) is 0 Å². The summed E-state index contributed by atoms with van der Waals surface area (Å²) in [4.78, 5) is 12.9. The molecule has 2 aliphatic carbocycles. The quantitative estimate of drug-likeness (QED) is 0.717. The Balaban J connectivity index is 1.29. The highest BCUT2D eigenvalue weighted by atomic mass is 16.5. The first-order valence-corrected chi connectivity index (χ1v) is 11.1. The highest BCUT2D eigenvalue weighted by molar-refractivity contribution is 5.79. The zero-order chi connectivity index (χ0) is 18.1. The minimum Gasteiger partial charge on any atom is -0.378 e. The highest BCUT2D eigenvalue weighted by Gasteiger charge is 2.41. The molecule has 0 radical (unpaired) electrons. The lowest BCUT2D eigenvalue weighted by molar-refractivity contribution is -0.127. The number of amides is 1. The Labute approximate surface area is 158 Å². The van der Waals surface area contributed by atoms with Gasteiger partial charge in [-0.15, -0.1) is 0 Å². The summed E-state index contributed by atoms with van der Waals surface area (Å²) >= 11 is 0. The third-order valence-corrected chi connectivity index (χ3v) is 7.52. The Hall–Kier alpha value is -0.650. The van der Waals surface area contributed by atoms with Crippen molar-refractivity contribution in [3.63, 3.8) is 0 Å². The molecule has 2 heterocycles. The molecule has 1 amide bonds. The summed E-state index contributed by atoms with van der Waals surface area (Å²) in [5, 5.41) is 11.1. The minimum atomic E-state index is 0.179. The van der Waals surface area contributed by atoms with Crippen molar-refractivity contribution in [3.8, 4) is 0 Å². The van der Waals surface area contributed by atoms with E-state index in [9.17, 15) is 4.79 Å². The van der Waals surface area contributed by atoms with Gasteiger partial charge in [-0.2, -0.15) is 0 Å². The average Bonchev–Trinajstić information content (AvgIpc) is 3.14. The number of piperazine rings is 1. The predicted molar refractivity (Wildman–Crippen MR) is 103 cm³/mol. The van der Waals surface area contributed by atoms with E-state index in [2.05, 4.69) is 29.8 Å². The van der Waals surface area contributed by atoms with Crippen LogP contribution in [0.1, 0.15) is 71.6 Å². The molecule has 4 aliphatic rings. The first-order valence-electron chi connectivity index (χ1n) is 11.1. The molecule has 8 unspecified atom stereocenters.